The fourth-order valence-electron chi connectivity index (χ4n) is 3.31. The Morgan fingerprint density at radius 2 is 2.08 bits per heavy atom. The quantitative estimate of drug-likeness (QED) is 0.680. The van der Waals surface area contributed by atoms with Crippen LogP contribution in [-0.4, -0.2) is 63.4 Å². The van der Waals surface area contributed by atoms with E-state index in [0.29, 0.717) is 25.3 Å². The van der Waals surface area contributed by atoms with Crippen molar-refractivity contribution in [2.45, 2.75) is 50.5 Å². The van der Waals surface area contributed by atoms with Gasteiger partial charge in [-0.15, -0.1) is 0 Å². The largest absolute Gasteiger partial charge is 0.385 e. The summed E-state index contributed by atoms with van der Waals surface area (Å²) in [4.78, 5) is 14.6. The Morgan fingerprint density at radius 3 is 2.73 bits per heavy atom. The number of rotatable bonds is 7. The summed E-state index contributed by atoms with van der Waals surface area (Å²) in [6, 6.07) is 4.85. The molecule has 0 saturated carbocycles. The number of aryl methyl sites for hydroxylation is 1. The topological polar surface area (TPSA) is 66.9 Å². The lowest BCUT2D eigenvalue weighted by Crippen LogP contribution is -2.42. The van der Waals surface area contributed by atoms with E-state index >= 15 is 0 Å². The molecule has 1 unspecified atom stereocenters. The fourth-order valence-corrected chi connectivity index (χ4v) is 5.04. The third-order valence-corrected chi connectivity index (χ3v) is 6.99. The smallest absolute Gasteiger partial charge is 0.253 e. The third kappa shape index (κ3) is 4.64. The van der Waals surface area contributed by atoms with E-state index in [2.05, 4.69) is 0 Å². The fraction of sp³-hybridized carbons (Fsp3) is 0.632. The van der Waals surface area contributed by atoms with Crippen LogP contribution in [0, 0.1) is 6.92 Å². The monoisotopic (exact) mass is 382 g/mol. The Hall–Kier alpha value is -1.44. The molecule has 146 valence electrons. The van der Waals surface area contributed by atoms with Gasteiger partial charge in [-0.1, -0.05) is 12.5 Å². The van der Waals surface area contributed by atoms with E-state index in [4.69, 9.17) is 4.74 Å². The van der Waals surface area contributed by atoms with Gasteiger partial charge in [0.1, 0.15) is 0 Å². The number of hydrogen-bond acceptors (Lipinski definition) is 4. The van der Waals surface area contributed by atoms with Crippen molar-refractivity contribution in [3.05, 3.63) is 29.3 Å². The maximum absolute atomic E-state index is 13.0. The second kappa shape index (κ2) is 8.97. The minimum absolute atomic E-state index is 0.00841. The van der Waals surface area contributed by atoms with E-state index in [1.807, 2.05) is 13.8 Å². The number of ether oxygens (including phenoxy) is 1. The standard InChI is InChI=1S/C19H30N2O4S/c1-15-9-10-17(26(23,24)21-12-6-5-8-16(21)2)14-18(15)19(22)20(3)11-7-13-25-4/h9-10,14,16H,5-8,11-13H2,1-4H3. The molecule has 1 saturated heterocycles. The van der Waals surface area contributed by atoms with Gasteiger partial charge in [-0.3, -0.25) is 4.79 Å². The molecule has 0 spiro atoms. The van der Waals surface area contributed by atoms with Crippen LogP contribution in [0.1, 0.15) is 48.5 Å². The highest BCUT2D eigenvalue weighted by molar-refractivity contribution is 7.89. The number of methoxy groups -OCH3 is 1. The van der Waals surface area contributed by atoms with E-state index in [-0.39, 0.29) is 16.8 Å². The molecule has 6 nitrogen and oxygen atoms in total. The molecule has 0 aromatic heterocycles. The summed E-state index contributed by atoms with van der Waals surface area (Å²) in [5.41, 5.74) is 1.22. The van der Waals surface area contributed by atoms with Crippen LogP contribution in [0.4, 0.5) is 0 Å². The average Bonchev–Trinajstić information content (AvgIpc) is 2.61. The number of piperidine rings is 1. The first kappa shape index (κ1) is 20.9. The molecule has 1 aliphatic heterocycles. The Balaban J connectivity index is 2.27. The number of sulfonamides is 1. The van der Waals surface area contributed by atoms with Crippen LogP contribution >= 0.6 is 0 Å². The van der Waals surface area contributed by atoms with Gasteiger partial charge in [-0.2, -0.15) is 4.31 Å². The van der Waals surface area contributed by atoms with Crippen molar-refractivity contribution in [2.75, 3.05) is 33.9 Å². The van der Waals surface area contributed by atoms with Crippen LogP contribution in [0.15, 0.2) is 23.1 Å². The number of nitrogens with zero attached hydrogens (tertiary/aromatic N) is 2. The normalized spacial score (nSPS) is 18.7. The van der Waals surface area contributed by atoms with E-state index in [0.717, 1.165) is 31.2 Å². The number of benzene rings is 1. The molecule has 0 N–H and O–H groups in total. The van der Waals surface area contributed by atoms with E-state index in [1.165, 1.54) is 6.07 Å². The lowest BCUT2D eigenvalue weighted by molar-refractivity contribution is 0.0778. The van der Waals surface area contributed by atoms with Gasteiger partial charge in [0.15, 0.2) is 0 Å². The summed E-state index contributed by atoms with van der Waals surface area (Å²) in [7, 11) is -0.234. The second-order valence-corrected chi connectivity index (χ2v) is 8.90. The molecule has 2 rings (SSSR count). The Morgan fingerprint density at radius 1 is 1.35 bits per heavy atom. The molecule has 1 amide bonds. The molecule has 1 aromatic rings. The van der Waals surface area contributed by atoms with Gasteiger partial charge in [-0.05, 0) is 50.8 Å². The first-order valence-electron chi connectivity index (χ1n) is 9.16. The summed E-state index contributed by atoms with van der Waals surface area (Å²) in [6.45, 7) is 5.46. The molecule has 7 heteroatoms. The van der Waals surface area contributed by atoms with Gasteiger partial charge in [0.2, 0.25) is 10.0 Å². The predicted octanol–water partition coefficient (Wildman–Crippen LogP) is 2.67. The van der Waals surface area contributed by atoms with Gasteiger partial charge in [0, 0.05) is 45.5 Å². The minimum Gasteiger partial charge on any atom is -0.385 e. The maximum Gasteiger partial charge on any atom is 0.253 e. The van der Waals surface area contributed by atoms with Crippen molar-refractivity contribution >= 4 is 15.9 Å². The number of hydrogen-bond donors (Lipinski definition) is 0. The molecule has 0 radical (unpaired) electrons. The Kier molecular flexibility index (Phi) is 7.20. The molecular formula is C19H30N2O4S. The molecule has 1 atom stereocenters. The molecular weight excluding hydrogens is 352 g/mol. The molecule has 0 aliphatic carbocycles. The highest BCUT2D eigenvalue weighted by Gasteiger charge is 2.31. The molecule has 0 bridgehead atoms. The van der Waals surface area contributed by atoms with Gasteiger partial charge in [0.25, 0.3) is 5.91 Å². The highest BCUT2D eigenvalue weighted by Crippen LogP contribution is 2.26. The van der Waals surface area contributed by atoms with Crippen LogP contribution in [0.2, 0.25) is 0 Å². The maximum atomic E-state index is 13.0. The Bertz CT molecular complexity index is 733. The summed E-state index contributed by atoms with van der Waals surface area (Å²) in [6.07, 6.45) is 3.54. The Labute approximate surface area is 157 Å². The van der Waals surface area contributed by atoms with Crippen LogP contribution in [0.5, 0.6) is 0 Å². The molecule has 1 aliphatic rings. The highest BCUT2D eigenvalue weighted by atomic mass is 32.2. The van der Waals surface area contributed by atoms with E-state index in [9.17, 15) is 13.2 Å². The molecule has 26 heavy (non-hydrogen) atoms. The number of carbonyl (C=O) groups excluding carboxylic acids is 1. The summed E-state index contributed by atoms with van der Waals surface area (Å²) < 4.78 is 32.7. The average molecular weight is 383 g/mol. The lowest BCUT2D eigenvalue weighted by Gasteiger charge is -2.32. The first-order valence-corrected chi connectivity index (χ1v) is 10.6. The second-order valence-electron chi connectivity index (χ2n) is 7.01. The summed E-state index contributed by atoms with van der Waals surface area (Å²) in [5, 5.41) is 0. The zero-order valence-corrected chi connectivity index (χ0v) is 17.0. The zero-order valence-electron chi connectivity index (χ0n) is 16.2. The lowest BCUT2D eigenvalue weighted by atomic mass is 10.1. The van der Waals surface area contributed by atoms with Crippen molar-refractivity contribution in [3.63, 3.8) is 0 Å². The minimum atomic E-state index is -3.59. The van der Waals surface area contributed by atoms with Crippen molar-refractivity contribution in [1.82, 2.24) is 9.21 Å². The summed E-state index contributed by atoms with van der Waals surface area (Å²) in [5.74, 6) is -0.164. The van der Waals surface area contributed by atoms with Crippen molar-refractivity contribution in [1.29, 1.82) is 0 Å². The SMILES string of the molecule is COCCCN(C)C(=O)c1cc(S(=O)(=O)N2CCCCC2C)ccc1C. The van der Waals surface area contributed by atoms with Crippen LogP contribution < -0.4 is 0 Å². The molecule has 1 aromatic carbocycles. The predicted molar refractivity (Wildman–Crippen MR) is 102 cm³/mol. The van der Waals surface area contributed by atoms with Crippen molar-refractivity contribution in [2.24, 2.45) is 0 Å². The summed E-state index contributed by atoms with van der Waals surface area (Å²) >= 11 is 0. The van der Waals surface area contributed by atoms with Gasteiger partial charge >= 0.3 is 0 Å². The van der Waals surface area contributed by atoms with Crippen molar-refractivity contribution in [3.8, 4) is 0 Å². The van der Waals surface area contributed by atoms with Crippen LogP contribution in [0.3, 0.4) is 0 Å². The van der Waals surface area contributed by atoms with E-state index in [1.54, 1.807) is 35.5 Å². The number of carbonyl (C=O) groups is 1. The van der Waals surface area contributed by atoms with Gasteiger partial charge in [0.05, 0.1) is 4.90 Å². The van der Waals surface area contributed by atoms with E-state index < -0.39 is 10.0 Å². The first-order chi connectivity index (χ1) is 12.3. The third-order valence-electron chi connectivity index (χ3n) is 4.98. The van der Waals surface area contributed by atoms with Gasteiger partial charge in [-0.25, -0.2) is 8.42 Å². The van der Waals surface area contributed by atoms with Gasteiger partial charge < -0.3 is 9.64 Å². The van der Waals surface area contributed by atoms with Crippen molar-refractivity contribution < 1.29 is 17.9 Å². The van der Waals surface area contributed by atoms with Crippen LogP contribution in [0.25, 0.3) is 0 Å². The molecule has 1 fully saturated rings. The zero-order chi connectivity index (χ0) is 19.3. The van der Waals surface area contributed by atoms with Crippen LogP contribution in [-0.2, 0) is 14.8 Å². The molecule has 1 heterocycles. The number of amides is 1.